The first-order valence-corrected chi connectivity index (χ1v) is 5.81. The van der Waals surface area contributed by atoms with Crippen molar-refractivity contribution in [1.82, 2.24) is 0 Å². The minimum Gasteiger partial charge on any atom is -0.394 e. The molecule has 8 N–H and O–H groups in total. The number of aliphatic hydroxyl groups excluding tert-OH is 4. The molecule has 0 aromatic rings. The highest BCUT2D eigenvalue weighted by atomic mass is 16.7. The standard InChI is InChI=1S/C10H18N2O8/c11-5(14)1-3(9(12)18)19-10-8(17)7(16)6(15)4(2-13)20-10/h3-4,6-8,10,13,15-17H,1-2H2,(H2,11,14)(H2,12,18)/t3?,4?,6-,7-,8?,10?/m0/s1. The van der Waals surface area contributed by atoms with Crippen LogP contribution in [0.25, 0.3) is 0 Å². The van der Waals surface area contributed by atoms with E-state index < -0.39 is 61.7 Å². The summed E-state index contributed by atoms with van der Waals surface area (Å²) in [4.78, 5) is 21.9. The average molecular weight is 294 g/mol. The van der Waals surface area contributed by atoms with E-state index in [2.05, 4.69) is 0 Å². The fourth-order valence-corrected chi connectivity index (χ4v) is 1.74. The summed E-state index contributed by atoms with van der Waals surface area (Å²) in [5.41, 5.74) is 9.92. The average Bonchev–Trinajstić information content (AvgIpc) is 2.37. The number of hydrogen-bond acceptors (Lipinski definition) is 8. The van der Waals surface area contributed by atoms with Gasteiger partial charge in [-0.05, 0) is 0 Å². The van der Waals surface area contributed by atoms with Crippen molar-refractivity contribution in [3.8, 4) is 0 Å². The lowest BCUT2D eigenvalue weighted by molar-refractivity contribution is -0.308. The Labute approximate surface area is 113 Å². The van der Waals surface area contributed by atoms with Gasteiger partial charge >= 0.3 is 0 Å². The molecule has 1 aliphatic heterocycles. The number of rotatable bonds is 6. The Morgan fingerprint density at radius 2 is 1.75 bits per heavy atom. The molecule has 0 spiro atoms. The predicted molar refractivity (Wildman–Crippen MR) is 61.6 cm³/mol. The molecule has 2 amide bonds. The van der Waals surface area contributed by atoms with Gasteiger partial charge in [-0.2, -0.15) is 0 Å². The lowest BCUT2D eigenvalue weighted by atomic mass is 9.99. The number of amides is 2. The Balaban J connectivity index is 2.77. The lowest BCUT2D eigenvalue weighted by Gasteiger charge is -2.40. The van der Waals surface area contributed by atoms with Gasteiger partial charge in [-0.15, -0.1) is 0 Å². The Hall–Kier alpha value is -1.30. The second-order valence-electron chi connectivity index (χ2n) is 4.39. The molecule has 0 bridgehead atoms. The molecule has 4 unspecified atom stereocenters. The van der Waals surface area contributed by atoms with Gasteiger partial charge in [0.1, 0.15) is 30.5 Å². The minimum atomic E-state index is -1.69. The van der Waals surface area contributed by atoms with Crippen molar-refractivity contribution in [3.63, 3.8) is 0 Å². The van der Waals surface area contributed by atoms with E-state index in [4.69, 9.17) is 26.0 Å². The molecule has 1 saturated heterocycles. The van der Waals surface area contributed by atoms with Crippen molar-refractivity contribution < 1.29 is 39.5 Å². The van der Waals surface area contributed by atoms with Crippen LogP contribution in [0.4, 0.5) is 0 Å². The summed E-state index contributed by atoms with van der Waals surface area (Å²) in [6.07, 6.45) is -9.66. The van der Waals surface area contributed by atoms with E-state index >= 15 is 0 Å². The van der Waals surface area contributed by atoms with Crippen molar-refractivity contribution >= 4 is 11.8 Å². The number of nitrogens with two attached hydrogens (primary N) is 2. The number of primary amides is 2. The van der Waals surface area contributed by atoms with Crippen LogP contribution < -0.4 is 11.5 Å². The first-order valence-electron chi connectivity index (χ1n) is 5.81. The molecule has 1 rings (SSSR count). The zero-order valence-electron chi connectivity index (χ0n) is 10.5. The normalized spacial score (nSPS) is 35.5. The molecule has 20 heavy (non-hydrogen) atoms. The molecular weight excluding hydrogens is 276 g/mol. The second kappa shape index (κ2) is 6.92. The van der Waals surface area contributed by atoms with E-state index in [1.54, 1.807) is 0 Å². The third-order valence-corrected chi connectivity index (χ3v) is 2.85. The Morgan fingerprint density at radius 3 is 2.20 bits per heavy atom. The van der Waals surface area contributed by atoms with E-state index in [9.17, 15) is 24.9 Å². The van der Waals surface area contributed by atoms with Crippen LogP contribution in [0.1, 0.15) is 6.42 Å². The summed E-state index contributed by atoms with van der Waals surface area (Å²) < 4.78 is 10.00. The molecule has 0 aromatic heterocycles. The van der Waals surface area contributed by atoms with Gasteiger partial charge in [0.05, 0.1) is 13.0 Å². The Bertz CT molecular complexity index is 363. The minimum absolute atomic E-state index is 0.537. The summed E-state index contributed by atoms with van der Waals surface area (Å²) >= 11 is 0. The largest absolute Gasteiger partial charge is 0.394 e. The fourth-order valence-electron chi connectivity index (χ4n) is 1.74. The van der Waals surface area contributed by atoms with Crippen LogP contribution >= 0.6 is 0 Å². The molecule has 6 atom stereocenters. The summed E-state index contributed by atoms with van der Waals surface area (Å²) in [5, 5.41) is 37.7. The molecule has 10 nitrogen and oxygen atoms in total. The molecular formula is C10H18N2O8. The molecule has 0 aromatic carbocycles. The van der Waals surface area contributed by atoms with Gasteiger partial charge in [0.25, 0.3) is 0 Å². The van der Waals surface area contributed by atoms with E-state index in [1.165, 1.54) is 0 Å². The van der Waals surface area contributed by atoms with Crippen LogP contribution in [0, 0.1) is 0 Å². The van der Waals surface area contributed by atoms with Crippen LogP contribution in [0.5, 0.6) is 0 Å². The summed E-state index contributed by atoms with van der Waals surface area (Å²) in [6, 6.07) is 0. The molecule has 0 radical (unpaired) electrons. The van der Waals surface area contributed by atoms with Gasteiger partial charge in [-0.1, -0.05) is 0 Å². The number of carbonyl (C=O) groups excluding carboxylic acids is 2. The molecule has 10 heteroatoms. The van der Waals surface area contributed by atoms with Crippen LogP contribution in [-0.2, 0) is 19.1 Å². The first-order chi connectivity index (χ1) is 9.27. The van der Waals surface area contributed by atoms with E-state index in [1.807, 2.05) is 0 Å². The number of hydrogen-bond donors (Lipinski definition) is 6. The van der Waals surface area contributed by atoms with Crippen molar-refractivity contribution in [1.29, 1.82) is 0 Å². The second-order valence-corrected chi connectivity index (χ2v) is 4.39. The van der Waals surface area contributed by atoms with Crippen LogP contribution in [0.2, 0.25) is 0 Å². The Morgan fingerprint density at radius 1 is 1.15 bits per heavy atom. The van der Waals surface area contributed by atoms with Crippen molar-refractivity contribution in [3.05, 3.63) is 0 Å². The number of carbonyl (C=O) groups is 2. The van der Waals surface area contributed by atoms with E-state index in [-0.39, 0.29) is 0 Å². The highest BCUT2D eigenvalue weighted by Crippen LogP contribution is 2.23. The molecule has 0 saturated carbocycles. The third kappa shape index (κ3) is 3.85. The maximum absolute atomic E-state index is 11.1. The van der Waals surface area contributed by atoms with Gasteiger partial charge in [0, 0.05) is 0 Å². The van der Waals surface area contributed by atoms with Gasteiger partial charge in [0.15, 0.2) is 6.29 Å². The maximum Gasteiger partial charge on any atom is 0.247 e. The van der Waals surface area contributed by atoms with Crippen molar-refractivity contribution in [2.75, 3.05) is 6.61 Å². The van der Waals surface area contributed by atoms with Crippen LogP contribution in [0.15, 0.2) is 0 Å². The zero-order valence-corrected chi connectivity index (χ0v) is 10.5. The van der Waals surface area contributed by atoms with Crippen molar-refractivity contribution in [2.45, 2.75) is 43.2 Å². The monoisotopic (exact) mass is 294 g/mol. The van der Waals surface area contributed by atoms with Gasteiger partial charge in [0.2, 0.25) is 11.8 Å². The highest BCUT2D eigenvalue weighted by molar-refractivity contribution is 5.85. The smallest absolute Gasteiger partial charge is 0.247 e. The van der Waals surface area contributed by atoms with Gasteiger partial charge in [-0.25, -0.2) is 0 Å². The topological polar surface area (TPSA) is 186 Å². The summed E-state index contributed by atoms with van der Waals surface area (Å²) in [5.74, 6) is -1.88. The zero-order chi connectivity index (χ0) is 15.4. The summed E-state index contributed by atoms with van der Waals surface area (Å²) in [7, 11) is 0. The van der Waals surface area contributed by atoms with Crippen LogP contribution in [-0.4, -0.2) is 75.7 Å². The fraction of sp³-hybridized carbons (Fsp3) is 0.800. The van der Waals surface area contributed by atoms with Gasteiger partial charge < -0.3 is 41.4 Å². The van der Waals surface area contributed by atoms with E-state index in [0.29, 0.717) is 0 Å². The summed E-state index contributed by atoms with van der Waals surface area (Å²) in [6.45, 7) is -0.651. The number of aliphatic hydroxyl groups is 4. The molecule has 0 aliphatic carbocycles. The molecule has 116 valence electrons. The SMILES string of the molecule is NC(=O)CC(OC1OC(CO)[C@H](O)[C@H](O)C1O)C(N)=O. The predicted octanol–water partition coefficient (Wildman–Crippen LogP) is -4.47. The number of ether oxygens (including phenoxy) is 2. The highest BCUT2D eigenvalue weighted by Gasteiger charge is 2.45. The van der Waals surface area contributed by atoms with Crippen molar-refractivity contribution in [2.24, 2.45) is 11.5 Å². The first kappa shape index (κ1) is 16.8. The quantitative estimate of drug-likeness (QED) is 0.283. The maximum atomic E-state index is 11.1. The third-order valence-electron chi connectivity index (χ3n) is 2.85. The van der Waals surface area contributed by atoms with Crippen LogP contribution in [0.3, 0.4) is 0 Å². The van der Waals surface area contributed by atoms with E-state index in [0.717, 1.165) is 0 Å². The lowest BCUT2D eigenvalue weighted by Crippen LogP contribution is -2.60. The Kier molecular flexibility index (Phi) is 5.80. The molecule has 1 aliphatic rings. The molecule has 1 heterocycles. The van der Waals surface area contributed by atoms with Gasteiger partial charge in [-0.3, -0.25) is 9.59 Å². The molecule has 1 fully saturated rings.